The van der Waals surface area contributed by atoms with Crippen LogP contribution in [0.1, 0.15) is 25.3 Å². The summed E-state index contributed by atoms with van der Waals surface area (Å²) in [4.78, 5) is 22.5. The number of rotatable bonds is 7. The smallest absolute Gasteiger partial charge is 0.326 e. The molecule has 106 valence electrons. The number of carbonyl (C=O) groups excluding carboxylic acids is 1. The highest BCUT2D eigenvalue weighted by Gasteiger charge is 2.19. The van der Waals surface area contributed by atoms with Crippen molar-refractivity contribution >= 4 is 11.9 Å². The number of hydrogen-bond donors (Lipinski definition) is 2. The van der Waals surface area contributed by atoms with Crippen LogP contribution in [0.25, 0.3) is 0 Å². The quantitative estimate of drug-likeness (QED) is 0.782. The molecule has 1 amide bonds. The van der Waals surface area contributed by atoms with E-state index in [2.05, 4.69) is 5.32 Å². The fourth-order valence-electron chi connectivity index (χ4n) is 1.61. The molecule has 0 spiro atoms. The summed E-state index contributed by atoms with van der Waals surface area (Å²) in [6.07, 6.45) is 1.01. The molecule has 2 N–H and O–H groups in total. The summed E-state index contributed by atoms with van der Waals surface area (Å²) < 4.78 is 5.22. The molecule has 1 rings (SSSR count). The summed E-state index contributed by atoms with van der Waals surface area (Å²) in [5, 5.41) is 20.2. The first-order chi connectivity index (χ1) is 9.58. The second-order valence-corrected chi connectivity index (χ2v) is 4.14. The van der Waals surface area contributed by atoms with Gasteiger partial charge in [0.25, 0.3) is 5.91 Å². The maximum absolute atomic E-state index is 11.6. The van der Waals surface area contributed by atoms with E-state index in [-0.39, 0.29) is 6.61 Å². The van der Waals surface area contributed by atoms with E-state index in [1.165, 1.54) is 0 Å². The number of amides is 1. The Kier molecular flexibility index (Phi) is 6.04. The average Bonchev–Trinajstić information content (AvgIpc) is 2.44. The van der Waals surface area contributed by atoms with Crippen LogP contribution in [-0.4, -0.2) is 29.6 Å². The first-order valence-corrected chi connectivity index (χ1v) is 6.22. The Morgan fingerprint density at radius 1 is 1.45 bits per heavy atom. The number of aliphatic carboxylic acids is 1. The molecule has 6 heteroatoms. The van der Waals surface area contributed by atoms with Gasteiger partial charge in [0.15, 0.2) is 6.61 Å². The normalized spacial score (nSPS) is 11.2. The molecule has 0 saturated carbocycles. The highest BCUT2D eigenvalue weighted by molar-refractivity contribution is 5.84. The zero-order chi connectivity index (χ0) is 15.0. The van der Waals surface area contributed by atoms with Gasteiger partial charge in [-0.25, -0.2) is 4.79 Å². The van der Waals surface area contributed by atoms with Crippen LogP contribution in [0.2, 0.25) is 0 Å². The van der Waals surface area contributed by atoms with Crippen molar-refractivity contribution in [2.24, 2.45) is 0 Å². The van der Waals surface area contributed by atoms with Crippen LogP contribution >= 0.6 is 0 Å². The van der Waals surface area contributed by atoms with Crippen LogP contribution in [-0.2, 0) is 9.59 Å². The van der Waals surface area contributed by atoms with Gasteiger partial charge < -0.3 is 15.2 Å². The number of carboxylic acid groups (broad SMARTS) is 1. The van der Waals surface area contributed by atoms with Crippen LogP contribution in [0.4, 0.5) is 0 Å². The second kappa shape index (κ2) is 7.79. The van der Waals surface area contributed by atoms with E-state index in [0.29, 0.717) is 24.2 Å². The lowest BCUT2D eigenvalue weighted by molar-refractivity contribution is -0.142. The molecule has 0 heterocycles. The van der Waals surface area contributed by atoms with Crippen LogP contribution in [0, 0.1) is 11.3 Å². The first-order valence-electron chi connectivity index (χ1n) is 6.22. The summed E-state index contributed by atoms with van der Waals surface area (Å²) >= 11 is 0. The molecule has 1 atom stereocenters. The summed E-state index contributed by atoms with van der Waals surface area (Å²) in [6.45, 7) is 1.51. The van der Waals surface area contributed by atoms with E-state index in [1.807, 2.05) is 13.0 Å². The van der Waals surface area contributed by atoms with E-state index >= 15 is 0 Å². The molecule has 0 fully saturated rings. The molecule has 0 unspecified atom stereocenters. The molecule has 0 aliphatic carbocycles. The van der Waals surface area contributed by atoms with E-state index in [4.69, 9.17) is 15.1 Å². The number of nitrogens with one attached hydrogen (secondary N) is 1. The van der Waals surface area contributed by atoms with Crippen molar-refractivity contribution in [1.82, 2.24) is 5.32 Å². The number of ether oxygens (including phenoxy) is 1. The molecule has 20 heavy (non-hydrogen) atoms. The molecule has 0 radical (unpaired) electrons. The van der Waals surface area contributed by atoms with Gasteiger partial charge in [-0.3, -0.25) is 4.79 Å². The highest BCUT2D eigenvalue weighted by Crippen LogP contribution is 2.16. The standard InChI is InChI=1S/C14H16N2O4/c1-2-5-11(14(18)19)16-13(17)9-20-12-7-4-3-6-10(12)8-15/h3-4,6-7,11H,2,5,9H2,1H3,(H,16,17)(H,18,19)/t11-/m1/s1. The Hall–Kier alpha value is -2.55. The monoisotopic (exact) mass is 276 g/mol. The number of carbonyl (C=O) groups is 2. The van der Waals surface area contributed by atoms with Crippen LogP contribution in [0.5, 0.6) is 5.75 Å². The van der Waals surface area contributed by atoms with Crippen LogP contribution in [0.3, 0.4) is 0 Å². The number of nitriles is 1. The molecule has 6 nitrogen and oxygen atoms in total. The van der Waals surface area contributed by atoms with Gasteiger partial charge in [0.1, 0.15) is 17.9 Å². The fraction of sp³-hybridized carbons (Fsp3) is 0.357. The third-order valence-electron chi connectivity index (χ3n) is 2.58. The largest absolute Gasteiger partial charge is 0.482 e. The van der Waals surface area contributed by atoms with Crippen molar-refractivity contribution in [2.45, 2.75) is 25.8 Å². The molecule has 0 saturated heterocycles. The third-order valence-corrected chi connectivity index (χ3v) is 2.58. The lowest BCUT2D eigenvalue weighted by Gasteiger charge is -2.14. The SMILES string of the molecule is CCC[C@@H](NC(=O)COc1ccccc1C#N)C(=O)O. The van der Waals surface area contributed by atoms with Crippen molar-refractivity contribution in [3.63, 3.8) is 0 Å². The molecular formula is C14H16N2O4. The Balaban J connectivity index is 2.55. The Labute approximate surface area is 117 Å². The summed E-state index contributed by atoms with van der Waals surface area (Å²) in [6, 6.07) is 7.56. The number of benzene rings is 1. The van der Waals surface area contributed by atoms with E-state index in [0.717, 1.165) is 0 Å². The predicted octanol–water partition coefficient (Wildman–Crippen LogP) is 1.31. The fourth-order valence-corrected chi connectivity index (χ4v) is 1.61. The van der Waals surface area contributed by atoms with Crippen molar-refractivity contribution < 1.29 is 19.4 Å². The topological polar surface area (TPSA) is 99.4 Å². The van der Waals surface area contributed by atoms with Gasteiger partial charge in [-0.2, -0.15) is 5.26 Å². The molecule has 0 bridgehead atoms. The maximum atomic E-state index is 11.6. The molecular weight excluding hydrogens is 260 g/mol. The molecule has 1 aromatic carbocycles. The second-order valence-electron chi connectivity index (χ2n) is 4.14. The molecule has 1 aromatic rings. The van der Waals surface area contributed by atoms with Gasteiger partial charge in [0.05, 0.1) is 5.56 Å². The summed E-state index contributed by atoms with van der Waals surface area (Å²) in [5.41, 5.74) is 0.323. The number of hydrogen-bond acceptors (Lipinski definition) is 4. The van der Waals surface area contributed by atoms with Crippen molar-refractivity contribution in [2.75, 3.05) is 6.61 Å². The van der Waals surface area contributed by atoms with Gasteiger partial charge in [-0.1, -0.05) is 25.5 Å². The van der Waals surface area contributed by atoms with Crippen molar-refractivity contribution in [3.8, 4) is 11.8 Å². The molecule has 0 aliphatic rings. The Bertz CT molecular complexity index is 522. The third kappa shape index (κ3) is 4.61. The minimum absolute atomic E-state index is 0.299. The number of nitrogens with zero attached hydrogens (tertiary/aromatic N) is 1. The molecule has 0 aliphatic heterocycles. The number of para-hydroxylation sites is 1. The zero-order valence-electron chi connectivity index (χ0n) is 11.1. The highest BCUT2D eigenvalue weighted by atomic mass is 16.5. The van der Waals surface area contributed by atoms with E-state index in [9.17, 15) is 9.59 Å². The minimum atomic E-state index is -1.07. The van der Waals surface area contributed by atoms with E-state index in [1.54, 1.807) is 24.3 Å². The lowest BCUT2D eigenvalue weighted by atomic mass is 10.2. The Morgan fingerprint density at radius 3 is 2.75 bits per heavy atom. The summed E-state index contributed by atoms with van der Waals surface area (Å²) in [7, 11) is 0. The predicted molar refractivity (Wildman–Crippen MR) is 71.1 cm³/mol. The van der Waals surface area contributed by atoms with Gasteiger partial charge in [0, 0.05) is 0 Å². The maximum Gasteiger partial charge on any atom is 0.326 e. The lowest BCUT2D eigenvalue weighted by Crippen LogP contribution is -2.42. The molecule has 0 aromatic heterocycles. The van der Waals surface area contributed by atoms with Crippen LogP contribution in [0.15, 0.2) is 24.3 Å². The van der Waals surface area contributed by atoms with Gasteiger partial charge in [-0.05, 0) is 18.6 Å². The summed E-state index contributed by atoms with van der Waals surface area (Å²) in [5.74, 6) is -1.30. The van der Waals surface area contributed by atoms with E-state index < -0.39 is 17.9 Å². The minimum Gasteiger partial charge on any atom is -0.482 e. The Morgan fingerprint density at radius 2 is 2.15 bits per heavy atom. The van der Waals surface area contributed by atoms with Crippen LogP contribution < -0.4 is 10.1 Å². The zero-order valence-corrected chi connectivity index (χ0v) is 11.1. The average molecular weight is 276 g/mol. The van der Waals surface area contributed by atoms with Crippen molar-refractivity contribution in [3.05, 3.63) is 29.8 Å². The van der Waals surface area contributed by atoms with Gasteiger partial charge in [-0.15, -0.1) is 0 Å². The van der Waals surface area contributed by atoms with Crippen molar-refractivity contribution in [1.29, 1.82) is 5.26 Å². The number of carboxylic acids is 1. The first kappa shape index (κ1) is 15.5. The van der Waals surface area contributed by atoms with Gasteiger partial charge in [0.2, 0.25) is 0 Å². The van der Waals surface area contributed by atoms with Gasteiger partial charge >= 0.3 is 5.97 Å².